The minimum absolute atomic E-state index is 0.109. The normalized spacial score (nSPS) is 10.7. The van der Waals surface area contributed by atoms with E-state index in [1.807, 2.05) is 0 Å². The summed E-state index contributed by atoms with van der Waals surface area (Å²) in [5, 5.41) is 2.66. The van der Waals surface area contributed by atoms with Gasteiger partial charge in [-0.3, -0.25) is 19.0 Å². The van der Waals surface area contributed by atoms with Crippen LogP contribution in [0.5, 0.6) is 0 Å². The number of halogens is 2. The average molecular weight is 402 g/mol. The summed E-state index contributed by atoms with van der Waals surface area (Å²) in [5.74, 6) is -2.06. The van der Waals surface area contributed by atoms with Crippen molar-refractivity contribution in [3.05, 3.63) is 91.5 Å². The van der Waals surface area contributed by atoms with E-state index in [0.29, 0.717) is 11.3 Å². The Hall–Kier alpha value is -3.13. The molecule has 2 aromatic carbocycles. The number of hydrogen-bond acceptors (Lipinski definition) is 4. The molecule has 5 nitrogen and oxygen atoms in total. The van der Waals surface area contributed by atoms with Gasteiger partial charge in [0, 0.05) is 12.2 Å². The zero-order chi connectivity index (χ0) is 20.3. The number of Topliss-reactive ketones (excluding diaryl/α,β-unsaturated/α-hetero) is 1. The first kappa shape index (κ1) is 19.6. The molecule has 8 heteroatoms. The number of thiazole rings is 1. The number of hydrogen-bond donors (Lipinski definition) is 1. The second kappa shape index (κ2) is 8.26. The van der Waals surface area contributed by atoms with Gasteiger partial charge in [0.15, 0.2) is 5.78 Å². The molecule has 1 N–H and O–H groups in total. The van der Waals surface area contributed by atoms with Crippen molar-refractivity contribution in [2.24, 2.45) is 0 Å². The average Bonchev–Trinajstić information content (AvgIpc) is 2.96. The number of nitrogens with one attached hydrogen (secondary N) is 1. The highest BCUT2D eigenvalue weighted by atomic mass is 32.1. The van der Waals surface area contributed by atoms with E-state index in [2.05, 4.69) is 5.32 Å². The monoisotopic (exact) mass is 402 g/mol. The molecule has 0 atom stereocenters. The molecule has 0 saturated carbocycles. The third-order valence-corrected chi connectivity index (χ3v) is 5.27. The Labute approximate surface area is 163 Å². The van der Waals surface area contributed by atoms with Crippen molar-refractivity contribution in [2.45, 2.75) is 20.0 Å². The van der Waals surface area contributed by atoms with Crippen molar-refractivity contribution in [3.8, 4) is 0 Å². The van der Waals surface area contributed by atoms with Crippen LogP contribution in [0.25, 0.3) is 0 Å². The van der Waals surface area contributed by atoms with Gasteiger partial charge in [0.2, 0.25) is 0 Å². The Bertz CT molecular complexity index is 1090. The molecule has 0 fully saturated rings. The van der Waals surface area contributed by atoms with Crippen molar-refractivity contribution in [1.29, 1.82) is 0 Å². The summed E-state index contributed by atoms with van der Waals surface area (Å²) in [7, 11) is 0. The third kappa shape index (κ3) is 4.23. The molecule has 0 bridgehead atoms. The van der Waals surface area contributed by atoms with Crippen LogP contribution in [0.2, 0.25) is 0 Å². The van der Waals surface area contributed by atoms with Gasteiger partial charge in [-0.2, -0.15) is 0 Å². The minimum atomic E-state index is -0.661. The first-order valence-corrected chi connectivity index (χ1v) is 9.19. The zero-order valence-electron chi connectivity index (χ0n) is 14.9. The summed E-state index contributed by atoms with van der Waals surface area (Å²) in [5.41, 5.74) is 0.924. The Balaban J connectivity index is 1.75. The Morgan fingerprint density at radius 2 is 1.75 bits per heavy atom. The number of amides is 1. The van der Waals surface area contributed by atoms with Gasteiger partial charge in [-0.15, -0.1) is 0 Å². The van der Waals surface area contributed by atoms with Crippen LogP contribution in [-0.4, -0.2) is 16.3 Å². The highest BCUT2D eigenvalue weighted by molar-refractivity contribution is 7.11. The molecule has 0 aliphatic rings. The van der Waals surface area contributed by atoms with E-state index < -0.39 is 22.4 Å². The molecule has 0 aliphatic carbocycles. The molecule has 3 rings (SSSR count). The Morgan fingerprint density at radius 3 is 2.43 bits per heavy atom. The molecule has 0 aliphatic heterocycles. The van der Waals surface area contributed by atoms with Gasteiger partial charge in [0.05, 0.1) is 12.1 Å². The maximum absolute atomic E-state index is 13.8. The summed E-state index contributed by atoms with van der Waals surface area (Å²) in [4.78, 5) is 36.7. The predicted molar refractivity (Wildman–Crippen MR) is 102 cm³/mol. The van der Waals surface area contributed by atoms with Crippen LogP contribution in [0, 0.1) is 18.6 Å². The number of carbonyl (C=O) groups is 2. The second-order valence-electron chi connectivity index (χ2n) is 6.08. The van der Waals surface area contributed by atoms with E-state index in [-0.39, 0.29) is 29.3 Å². The number of nitrogens with zero attached hydrogens (tertiary/aromatic N) is 1. The number of ketones is 1. The van der Waals surface area contributed by atoms with E-state index in [9.17, 15) is 23.2 Å². The summed E-state index contributed by atoms with van der Waals surface area (Å²) in [6.07, 6.45) is 0. The molecule has 3 aromatic rings. The van der Waals surface area contributed by atoms with Gasteiger partial charge in [-0.1, -0.05) is 35.6 Å². The molecule has 144 valence electrons. The van der Waals surface area contributed by atoms with Gasteiger partial charge in [0.1, 0.15) is 16.5 Å². The van der Waals surface area contributed by atoms with E-state index in [1.165, 1.54) is 36.4 Å². The third-order valence-electron chi connectivity index (χ3n) is 4.19. The second-order valence-corrected chi connectivity index (χ2v) is 7.04. The molecular weight excluding hydrogens is 386 g/mol. The fraction of sp³-hybridized carbons (Fsp3) is 0.150. The van der Waals surface area contributed by atoms with Crippen molar-refractivity contribution in [2.75, 3.05) is 0 Å². The van der Waals surface area contributed by atoms with Gasteiger partial charge >= 0.3 is 4.87 Å². The molecule has 1 heterocycles. The van der Waals surface area contributed by atoms with Crippen LogP contribution < -0.4 is 10.2 Å². The van der Waals surface area contributed by atoms with Crippen molar-refractivity contribution in [1.82, 2.24) is 9.88 Å². The number of benzene rings is 2. The Kier molecular flexibility index (Phi) is 5.79. The van der Waals surface area contributed by atoms with E-state index in [1.54, 1.807) is 19.1 Å². The van der Waals surface area contributed by atoms with Crippen LogP contribution in [-0.2, 0) is 13.1 Å². The highest BCUT2D eigenvalue weighted by Gasteiger charge is 2.20. The smallest absolute Gasteiger partial charge is 0.308 e. The SMILES string of the molecule is Cc1c(C(=O)NCc2ccc(F)cc2)sc(=O)n1CC(=O)c1ccccc1F. The van der Waals surface area contributed by atoms with Crippen LogP contribution in [0.15, 0.2) is 53.3 Å². The van der Waals surface area contributed by atoms with Crippen molar-refractivity contribution < 1.29 is 18.4 Å². The molecule has 1 aromatic heterocycles. The van der Waals surface area contributed by atoms with Crippen LogP contribution in [0.4, 0.5) is 8.78 Å². The van der Waals surface area contributed by atoms with Crippen molar-refractivity contribution >= 4 is 23.0 Å². The standard InChI is InChI=1S/C20H16F2N2O3S/c1-12-18(19(26)23-10-13-6-8-14(21)9-7-13)28-20(27)24(12)11-17(25)15-4-2-3-5-16(15)22/h2-9H,10-11H2,1H3,(H,23,26). The topological polar surface area (TPSA) is 68.2 Å². The molecule has 0 saturated heterocycles. The lowest BCUT2D eigenvalue weighted by atomic mass is 10.1. The first-order chi connectivity index (χ1) is 13.4. The summed E-state index contributed by atoms with van der Waals surface area (Å²) in [6, 6.07) is 11.2. The van der Waals surface area contributed by atoms with Crippen molar-refractivity contribution in [3.63, 3.8) is 0 Å². The van der Waals surface area contributed by atoms with Gasteiger partial charge < -0.3 is 5.32 Å². The van der Waals surface area contributed by atoms with Gasteiger partial charge in [-0.05, 0) is 36.8 Å². The maximum atomic E-state index is 13.8. The van der Waals surface area contributed by atoms with Crippen LogP contribution in [0.1, 0.15) is 31.3 Å². The van der Waals surface area contributed by atoms with E-state index in [4.69, 9.17) is 0 Å². The molecular formula is C20H16F2N2O3S. The fourth-order valence-corrected chi connectivity index (χ4v) is 3.56. The largest absolute Gasteiger partial charge is 0.347 e. The molecule has 1 amide bonds. The number of rotatable bonds is 6. The van der Waals surface area contributed by atoms with Gasteiger partial charge in [-0.25, -0.2) is 8.78 Å². The molecule has 0 unspecified atom stereocenters. The molecule has 0 spiro atoms. The van der Waals surface area contributed by atoms with Crippen LogP contribution in [0.3, 0.4) is 0 Å². The quantitative estimate of drug-likeness (QED) is 0.644. The lowest BCUT2D eigenvalue weighted by Gasteiger charge is -2.07. The highest BCUT2D eigenvalue weighted by Crippen LogP contribution is 2.14. The van der Waals surface area contributed by atoms with E-state index >= 15 is 0 Å². The number of aromatic nitrogens is 1. The van der Waals surface area contributed by atoms with Crippen LogP contribution >= 0.6 is 11.3 Å². The van der Waals surface area contributed by atoms with Gasteiger partial charge in [0.25, 0.3) is 5.91 Å². The van der Waals surface area contributed by atoms with E-state index in [0.717, 1.165) is 15.9 Å². The molecule has 0 radical (unpaired) electrons. The summed E-state index contributed by atoms with van der Waals surface area (Å²) >= 11 is 0.717. The maximum Gasteiger partial charge on any atom is 0.308 e. The predicted octanol–water partition coefficient (Wildman–Crippen LogP) is 3.31. The fourth-order valence-electron chi connectivity index (χ4n) is 2.65. The summed E-state index contributed by atoms with van der Waals surface area (Å²) < 4.78 is 27.9. The lowest BCUT2D eigenvalue weighted by molar-refractivity contribution is 0.0944. The zero-order valence-corrected chi connectivity index (χ0v) is 15.7. The Morgan fingerprint density at radius 1 is 1.07 bits per heavy atom. The first-order valence-electron chi connectivity index (χ1n) is 8.37. The summed E-state index contributed by atoms with van der Waals surface area (Å²) in [6.45, 7) is 1.37. The molecule has 28 heavy (non-hydrogen) atoms. The lowest BCUT2D eigenvalue weighted by Crippen LogP contribution is -2.24. The minimum Gasteiger partial charge on any atom is -0.347 e. The number of carbonyl (C=O) groups excluding carboxylic acids is 2.